The van der Waals surface area contributed by atoms with Crippen LogP contribution in [0.3, 0.4) is 0 Å². The van der Waals surface area contributed by atoms with E-state index in [0.717, 1.165) is 64.3 Å². The van der Waals surface area contributed by atoms with Gasteiger partial charge in [-0.25, -0.2) is 13.2 Å². The maximum absolute atomic E-state index is 12.3. The zero-order valence-electron chi connectivity index (χ0n) is 37.8. The normalized spacial score (nSPS) is 19.6. The monoisotopic (exact) mass is 906 g/mol. The van der Waals surface area contributed by atoms with Crippen LogP contribution in [-0.4, -0.2) is 97.2 Å². The number of hydroxylamine groups is 2. The molecule has 3 heterocycles. The summed E-state index contributed by atoms with van der Waals surface area (Å²) in [6.45, 7) is 18.7. The molecule has 63 heavy (non-hydrogen) atoms. The van der Waals surface area contributed by atoms with Gasteiger partial charge in [-0.1, -0.05) is 59.3 Å². The van der Waals surface area contributed by atoms with E-state index in [-0.39, 0.29) is 29.1 Å². The minimum absolute atomic E-state index is 0.0288. The van der Waals surface area contributed by atoms with Crippen molar-refractivity contribution in [1.82, 2.24) is 9.96 Å². The molecule has 0 spiro atoms. The summed E-state index contributed by atoms with van der Waals surface area (Å²) in [6.07, 6.45) is 15.0. The maximum atomic E-state index is 12.3. The van der Waals surface area contributed by atoms with E-state index in [1.807, 2.05) is 39.3 Å². The van der Waals surface area contributed by atoms with Crippen molar-refractivity contribution in [2.75, 3.05) is 38.1 Å². The highest BCUT2D eigenvalue weighted by molar-refractivity contribution is 7.86. The van der Waals surface area contributed by atoms with Gasteiger partial charge in [0, 0.05) is 60.3 Å². The van der Waals surface area contributed by atoms with Crippen LogP contribution in [0.2, 0.25) is 0 Å². The number of hydrogen-bond donors (Lipinski definition) is 1. The Labute approximate surface area is 373 Å². The van der Waals surface area contributed by atoms with Gasteiger partial charge < -0.3 is 19.2 Å². The fourth-order valence-corrected chi connectivity index (χ4v) is 9.74. The van der Waals surface area contributed by atoms with Gasteiger partial charge in [-0.2, -0.15) is 13.0 Å². The lowest BCUT2D eigenvalue weighted by atomic mass is 9.81. The first-order valence-electron chi connectivity index (χ1n) is 21.7. The minimum atomic E-state index is -4.68. The first-order valence-corrected chi connectivity index (χ1v) is 24.6. The Balaban J connectivity index is 0.000000985. The SMILES string of the molecule is CCN(CC)CC.C[N+]1=C(/C=C/C2=CC(=C/C=C3/N(CCCCCC(=O)ON4C(=O)CCC4=O)c4ccc(S(=O)(=O)[O-])cc4C3(C)C)/CCC2)C(C)(C)c2cc(S(=O)(=O)O)ccc21. The number of benzene rings is 2. The van der Waals surface area contributed by atoms with Crippen molar-refractivity contribution < 1.29 is 49.7 Å². The topological polar surface area (TPSA) is 185 Å². The van der Waals surface area contributed by atoms with Crippen LogP contribution >= 0.6 is 0 Å². The van der Waals surface area contributed by atoms with Crippen molar-refractivity contribution in [2.24, 2.45) is 0 Å². The molecule has 342 valence electrons. The zero-order chi connectivity index (χ0) is 46.5. The van der Waals surface area contributed by atoms with E-state index in [0.29, 0.717) is 30.9 Å². The van der Waals surface area contributed by atoms with Crippen LogP contribution in [-0.2, 0) is 50.3 Å². The van der Waals surface area contributed by atoms with Crippen LogP contribution in [0.15, 0.2) is 93.4 Å². The third-order valence-corrected chi connectivity index (χ3v) is 14.2. The molecule has 2 aromatic rings. The van der Waals surface area contributed by atoms with Crippen molar-refractivity contribution in [3.05, 3.63) is 94.7 Å². The second kappa shape index (κ2) is 20.0. The minimum Gasteiger partial charge on any atom is -0.744 e. The Morgan fingerprint density at radius 1 is 0.841 bits per heavy atom. The number of amides is 2. The lowest BCUT2D eigenvalue weighted by molar-refractivity contribution is -0.401. The Morgan fingerprint density at radius 2 is 1.48 bits per heavy atom. The Bertz CT molecular complexity index is 2470. The predicted octanol–water partition coefficient (Wildman–Crippen LogP) is 7.63. The molecule has 0 aromatic heterocycles. The van der Waals surface area contributed by atoms with Gasteiger partial charge in [0.2, 0.25) is 5.69 Å². The molecule has 4 aliphatic rings. The van der Waals surface area contributed by atoms with Gasteiger partial charge in [-0.3, -0.25) is 14.1 Å². The highest BCUT2D eigenvalue weighted by atomic mass is 32.2. The number of unbranched alkanes of at least 4 members (excludes halogenated alkanes) is 2. The van der Waals surface area contributed by atoms with E-state index in [4.69, 9.17) is 4.84 Å². The molecule has 1 saturated heterocycles. The van der Waals surface area contributed by atoms with Crippen LogP contribution in [0.5, 0.6) is 0 Å². The van der Waals surface area contributed by atoms with E-state index < -0.39 is 48.8 Å². The lowest BCUT2D eigenvalue weighted by Gasteiger charge is -2.27. The second-order valence-corrected chi connectivity index (χ2v) is 20.1. The van der Waals surface area contributed by atoms with Crippen molar-refractivity contribution in [3.8, 4) is 0 Å². The fourth-order valence-electron chi connectivity index (χ4n) is 8.73. The fraction of sp³-hybridized carbons (Fsp3) is 0.489. The van der Waals surface area contributed by atoms with Crippen LogP contribution < -0.4 is 4.90 Å². The highest BCUT2D eigenvalue weighted by Crippen LogP contribution is 2.49. The standard InChI is InChI=1S/C41H47N3O10S2.C6H15N/c1-40(2)31-25-29(55(48,49)50)15-17-33(31)42(5)35(40)19-13-27-10-9-11-28(24-27)14-20-36-41(3,4)32-26-30(56(51,52)53)16-18-34(32)43(36)23-8-6-7-12-39(47)54-44-37(45)21-22-38(44)46;1-4-7(5-2)6-3/h13-20,24-26H,6-12,21-23H2,1-5H3,(H-,48,49,50,51,52,53);4-6H2,1-3H3. The first kappa shape index (κ1) is 49.3. The van der Waals surface area contributed by atoms with Crippen molar-refractivity contribution >= 4 is 55.1 Å². The van der Waals surface area contributed by atoms with Gasteiger partial charge in [-0.15, -0.1) is 5.06 Å². The highest BCUT2D eigenvalue weighted by Gasteiger charge is 2.44. The number of hydrogen-bond acceptors (Lipinski definition) is 11. The van der Waals surface area contributed by atoms with E-state index in [9.17, 15) is 40.3 Å². The number of anilines is 1. The third-order valence-electron chi connectivity index (χ3n) is 12.5. The molecular formula is C47H62N4O10S2. The van der Waals surface area contributed by atoms with Crippen molar-refractivity contribution in [3.63, 3.8) is 0 Å². The third kappa shape index (κ3) is 11.3. The van der Waals surface area contributed by atoms with E-state index in [1.165, 1.54) is 43.9 Å². The van der Waals surface area contributed by atoms with Gasteiger partial charge in [0.15, 0.2) is 5.71 Å². The van der Waals surface area contributed by atoms with E-state index in [2.05, 4.69) is 61.0 Å². The predicted molar refractivity (Wildman–Crippen MR) is 241 cm³/mol. The van der Waals surface area contributed by atoms with Crippen LogP contribution in [0.25, 0.3) is 0 Å². The van der Waals surface area contributed by atoms with Crippen molar-refractivity contribution in [2.45, 2.75) is 127 Å². The molecule has 0 unspecified atom stereocenters. The molecule has 0 saturated carbocycles. The average molecular weight is 907 g/mol. The summed E-state index contributed by atoms with van der Waals surface area (Å²) in [7, 11) is -7.09. The van der Waals surface area contributed by atoms with Gasteiger partial charge in [0.05, 0.1) is 15.2 Å². The molecular weight excluding hydrogens is 845 g/mol. The lowest BCUT2D eigenvalue weighted by Crippen LogP contribution is -2.32. The number of allylic oxidation sites excluding steroid dienone is 8. The number of nitrogens with zero attached hydrogens (tertiary/aromatic N) is 4. The average Bonchev–Trinajstić information content (AvgIpc) is 3.73. The molecule has 0 bridgehead atoms. The molecule has 6 rings (SSSR count). The van der Waals surface area contributed by atoms with Gasteiger partial charge in [0.1, 0.15) is 17.2 Å². The summed E-state index contributed by atoms with van der Waals surface area (Å²) in [4.78, 5) is 44.9. The largest absolute Gasteiger partial charge is 0.744 e. The summed E-state index contributed by atoms with van der Waals surface area (Å²) in [5.74, 6) is -1.69. The van der Waals surface area contributed by atoms with Gasteiger partial charge >= 0.3 is 5.97 Å². The summed E-state index contributed by atoms with van der Waals surface area (Å²) in [5, 5.41) is 0.549. The molecule has 14 nitrogen and oxygen atoms in total. The Hall–Kier alpha value is -4.74. The number of carbonyl (C=O) groups excluding carboxylic acids is 3. The number of carbonyl (C=O) groups is 3. The smallest absolute Gasteiger partial charge is 0.333 e. The summed E-state index contributed by atoms with van der Waals surface area (Å²) in [6, 6.07) is 9.11. The van der Waals surface area contributed by atoms with Gasteiger partial charge in [-0.05, 0) is 119 Å². The summed E-state index contributed by atoms with van der Waals surface area (Å²) < 4.78 is 71.4. The number of fused-ring (bicyclic) bond motifs is 2. The Kier molecular flexibility index (Phi) is 15.6. The second-order valence-electron chi connectivity index (χ2n) is 17.3. The van der Waals surface area contributed by atoms with Crippen molar-refractivity contribution in [1.29, 1.82) is 0 Å². The van der Waals surface area contributed by atoms with Crippen LogP contribution in [0.1, 0.15) is 117 Å². The molecule has 2 aromatic carbocycles. The number of rotatable bonds is 15. The van der Waals surface area contributed by atoms with Crippen LogP contribution in [0, 0.1) is 0 Å². The molecule has 3 aliphatic heterocycles. The van der Waals surface area contributed by atoms with E-state index >= 15 is 0 Å². The molecule has 0 radical (unpaired) electrons. The molecule has 2 amide bonds. The first-order chi connectivity index (χ1) is 29.5. The molecule has 1 N–H and O–H groups in total. The molecule has 1 aliphatic carbocycles. The summed E-state index contributed by atoms with van der Waals surface area (Å²) in [5.41, 5.74) is 6.16. The van der Waals surface area contributed by atoms with E-state index in [1.54, 1.807) is 12.1 Å². The van der Waals surface area contributed by atoms with Crippen LogP contribution in [0.4, 0.5) is 11.4 Å². The zero-order valence-corrected chi connectivity index (χ0v) is 39.4. The quantitative estimate of drug-likeness (QED) is 0.0799. The van der Waals surface area contributed by atoms with Gasteiger partial charge in [0.25, 0.3) is 21.9 Å². The number of imide groups is 1. The summed E-state index contributed by atoms with van der Waals surface area (Å²) >= 11 is 0. The molecule has 0 atom stereocenters. The Morgan fingerprint density at radius 3 is 2.08 bits per heavy atom. The molecule has 1 fully saturated rings. The molecule has 16 heteroatoms. The maximum Gasteiger partial charge on any atom is 0.333 e.